The lowest BCUT2D eigenvalue weighted by Crippen LogP contribution is -2.18. The topological polar surface area (TPSA) is 113 Å². The Morgan fingerprint density at radius 2 is 1.54 bits per heavy atom. The van der Waals surface area contributed by atoms with Crippen molar-refractivity contribution >= 4 is 33.1 Å². The highest BCUT2D eigenvalue weighted by atomic mass is 32.2. The van der Waals surface area contributed by atoms with Crippen molar-refractivity contribution in [1.82, 2.24) is 0 Å². The molecule has 0 bridgehead atoms. The van der Waals surface area contributed by atoms with E-state index in [0.29, 0.717) is 12.1 Å². The second kappa shape index (κ2) is 12.3. The van der Waals surface area contributed by atoms with Crippen molar-refractivity contribution in [1.29, 1.82) is 0 Å². The third kappa shape index (κ3) is 7.77. The molecule has 184 valence electrons. The number of aliphatic hydroxyl groups is 1. The zero-order valence-electron chi connectivity index (χ0n) is 19.7. The van der Waals surface area contributed by atoms with Gasteiger partial charge in [-0.3, -0.25) is 14.3 Å². The van der Waals surface area contributed by atoms with Crippen LogP contribution in [0.1, 0.15) is 47.2 Å². The van der Waals surface area contributed by atoms with E-state index in [9.17, 15) is 18.0 Å². The van der Waals surface area contributed by atoms with Crippen molar-refractivity contribution in [2.45, 2.75) is 43.9 Å². The molecule has 0 saturated heterocycles. The van der Waals surface area contributed by atoms with Crippen molar-refractivity contribution in [3.05, 3.63) is 89.5 Å². The van der Waals surface area contributed by atoms with Crippen molar-refractivity contribution in [2.75, 3.05) is 16.6 Å². The van der Waals surface area contributed by atoms with E-state index in [1.54, 1.807) is 36.4 Å². The minimum absolute atomic E-state index is 0.119. The van der Waals surface area contributed by atoms with Gasteiger partial charge in [-0.15, -0.1) is 0 Å². The van der Waals surface area contributed by atoms with Gasteiger partial charge in [0.05, 0.1) is 16.1 Å². The molecule has 8 heteroatoms. The second-order valence-corrected chi connectivity index (χ2v) is 10.1. The molecule has 0 aliphatic carbocycles. The molecule has 0 aliphatic rings. The highest BCUT2D eigenvalue weighted by Gasteiger charge is 2.18. The number of hydrogen-bond acceptors (Lipinski definition) is 5. The van der Waals surface area contributed by atoms with E-state index in [1.165, 1.54) is 12.1 Å². The van der Waals surface area contributed by atoms with Crippen molar-refractivity contribution in [2.24, 2.45) is 0 Å². The van der Waals surface area contributed by atoms with Gasteiger partial charge in [0, 0.05) is 12.1 Å². The molecule has 0 aromatic heterocycles. The molecular formula is C27H30N2O5S. The zero-order chi connectivity index (χ0) is 25.3. The number of carbonyl (C=O) groups is 2. The number of carbonyl (C=O) groups excluding carboxylic acids is 2. The van der Waals surface area contributed by atoms with Gasteiger partial charge in [0.2, 0.25) is 0 Å². The number of aryl methyl sites for hydroxylation is 2. The van der Waals surface area contributed by atoms with Gasteiger partial charge in [0.15, 0.2) is 5.78 Å². The van der Waals surface area contributed by atoms with Crippen LogP contribution >= 0.6 is 0 Å². The second-order valence-electron chi connectivity index (χ2n) is 8.37. The molecule has 0 fully saturated rings. The first-order valence-corrected chi connectivity index (χ1v) is 13.0. The summed E-state index contributed by atoms with van der Waals surface area (Å²) >= 11 is 0. The van der Waals surface area contributed by atoms with Crippen LogP contribution in [0.25, 0.3) is 0 Å². The van der Waals surface area contributed by atoms with E-state index in [4.69, 9.17) is 5.11 Å². The Balaban J connectivity index is 1.60. The smallest absolute Gasteiger partial charge is 0.261 e. The number of benzene rings is 3. The monoisotopic (exact) mass is 494 g/mol. The highest BCUT2D eigenvalue weighted by Crippen LogP contribution is 2.22. The summed E-state index contributed by atoms with van der Waals surface area (Å²) in [6.07, 6.45) is 3.86. The minimum Gasteiger partial charge on any atom is -0.389 e. The van der Waals surface area contributed by atoms with Gasteiger partial charge < -0.3 is 10.4 Å². The third-order valence-electron chi connectivity index (χ3n) is 5.56. The number of anilines is 2. The van der Waals surface area contributed by atoms with Gasteiger partial charge in [-0.1, -0.05) is 48.4 Å². The van der Waals surface area contributed by atoms with Gasteiger partial charge >= 0.3 is 0 Å². The lowest BCUT2D eigenvalue weighted by atomic mass is 10.0. The van der Waals surface area contributed by atoms with Crippen LogP contribution in [0.2, 0.25) is 0 Å². The van der Waals surface area contributed by atoms with Gasteiger partial charge in [-0.2, -0.15) is 0 Å². The fraction of sp³-hybridized carbons (Fsp3) is 0.259. The predicted octanol–water partition coefficient (Wildman–Crippen LogP) is 4.71. The fourth-order valence-corrected chi connectivity index (χ4v) is 4.63. The van der Waals surface area contributed by atoms with Crippen molar-refractivity contribution in [3.8, 4) is 0 Å². The molecule has 35 heavy (non-hydrogen) atoms. The number of aliphatic hydroxyl groups excluding tert-OH is 1. The van der Waals surface area contributed by atoms with Crippen LogP contribution in [0.4, 0.5) is 11.4 Å². The normalized spacial score (nSPS) is 11.1. The van der Waals surface area contributed by atoms with E-state index in [-0.39, 0.29) is 21.9 Å². The maximum absolute atomic E-state index is 12.9. The molecular weight excluding hydrogens is 464 g/mol. The summed E-state index contributed by atoms with van der Waals surface area (Å²) < 4.78 is 28.1. The molecule has 0 spiro atoms. The van der Waals surface area contributed by atoms with E-state index in [2.05, 4.69) is 10.0 Å². The number of Topliss-reactive ketones (excluding diaryl/α,β-unsaturated/α-hetero) is 1. The van der Waals surface area contributed by atoms with Crippen LogP contribution in [0.5, 0.6) is 0 Å². The Labute approximate surface area is 206 Å². The van der Waals surface area contributed by atoms with Gasteiger partial charge in [0.1, 0.15) is 6.61 Å². The standard InChI is InChI=1S/C27H30N2O5S/c1-20-11-17-24(18-12-20)35(33,34)29-26-10-6-5-9-25(26)27(32)28-22-15-13-21(14-16-22)7-3-2-4-8-23(31)19-30/h5-6,9-18,29-30H,2-4,7-8,19H2,1H3,(H,28,32). The number of nitrogens with one attached hydrogen (secondary N) is 2. The Kier molecular flexibility index (Phi) is 9.17. The van der Waals surface area contributed by atoms with E-state index < -0.39 is 22.5 Å². The minimum atomic E-state index is -3.85. The Bertz CT molecular complexity index is 1250. The molecule has 0 unspecified atom stereocenters. The summed E-state index contributed by atoms with van der Waals surface area (Å²) in [5, 5.41) is 11.6. The lowest BCUT2D eigenvalue weighted by Gasteiger charge is -2.13. The highest BCUT2D eigenvalue weighted by molar-refractivity contribution is 7.92. The summed E-state index contributed by atoms with van der Waals surface area (Å²) in [6.45, 7) is 1.48. The first kappa shape index (κ1) is 26.1. The van der Waals surface area contributed by atoms with E-state index >= 15 is 0 Å². The molecule has 0 aliphatic heterocycles. The molecule has 0 saturated carbocycles. The average molecular weight is 495 g/mol. The van der Waals surface area contributed by atoms with Crippen molar-refractivity contribution in [3.63, 3.8) is 0 Å². The number of hydrogen-bond donors (Lipinski definition) is 3. The molecule has 3 aromatic rings. The summed E-state index contributed by atoms with van der Waals surface area (Å²) in [5.41, 5.74) is 3.07. The fourth-order valence-electron chi connectivity index (χ4n) is 3.55. The molecule has 3 aromatic carbocycles. The molecule has 7 nitrogen and oxygen atoms in total. The molecule has 1 amide bonds. The third-order valence-corrected chi connectivity index (χ3v) is 6.94. The van der Waals surface area contributed by atoms with Crippen molar-refractivity contribution < 1.29 is 23.1 Å². The Hall–Kier alpha value is -3.49. The predicted molar refractivity (Wildman–Crippen MR) is 137 cm³/mol. The first-order valence-electron chi connectivity index (χ1n) is 11.5. The van der Waals surface area contributed by atoms with Crippen LogP contribution in [0.3, 0.4) is 0 Å². The number of para-hydroxylation sites is 1. The molecule has 3 rings (SSSR count). The maximum atomic E-state index is 12.9. The maximum Gasteiger partial charge on any atom is 0.261 e. The number of sulfonamides is 1. The van der Waals surface area contributed by atoms with Gasteiger partial charge in [-0.05, 0) is 68.1 Å². The summed E-state index contributed by atoms with van der Waals surface area (Å²) in [6, 6.07) is 20.4. The number of unbranched alkanes of at least 4 members (excludes halogenated alkanes) is 2. The Morgan fingerprint density at radius 3 is 2.23 bits per heavy atom. The Morgan fingerprint density at radius 1 is 0.857 bits per heavy atom. The molecule has 0 radical (unpaired) electrons. The zero-order valence-corrected chi connectivity index (χ0v) is 20.5. The first-order chi connectivity index (χ1) is 16.8. The van der Waals surface area contributed by atoms with Crippen LogP contribution < -0.4 is 10.0 Å². The van der Waals surface area contributed by atoms with E-state index in [1.807, 2.05) is 31.2 Å². The molecule has 0 atom stereocenters. The average Bonchev–Trinajstić information content (AvgIpc) is 2.85. The van der Waals surface area contributed by atoms with Crippen LogP contribution in [-0.2, 0) is 21.2 Å². The molecule has 0 heterocycles. The van der Waals surface area contributed by atoms with Crippen LogP contribution in [0, 0.1) is 6.92 Å². The molecule has 3 N–H and O–H groups in total. The van der Waals surface area contributed by atoms with Crippen LogP contribution in [0.15, 0.2) is 77.7 Å². The van der Waals surface area contributed by atoms with Crippen LogP contribution in [-0.4, -0.2) is 31.8 Å². The van der Waals surface area contributed by atoms with Gasteiger partial charge in [0.25, 0.3) is 15.9 Å². The summed E-state index contributed by atoms with van der Waals surface area (Å²) in [7, 11) is -3.85. The largest absolute Gasteiger partial charge is 0.389 e. The quantitative estimate of drug-likeness (QED) is 0.316. The number of rotatable bonds is 12. The number of amides is 1. The summed E-state index contributed by atoms with van der Waals surface area (Å²) in [5.74, 6) is -0.553. The van der Waals surface area contributed by atoms with Gasteiger partial charge in [-0.25, -0.2) is 8.42 Å². The van der Waals surface area contributed by atoms with E-state index in [0.717, 1.165) is 36.8 Å². The number of ketones is 1. The SMILES string of the molecule is Cc1ccc(S(=O)(=O)Nc2ccccc2C(=O)Nc2ccc(CCCCCC(=O)CO)cc2)cc1. The summed E-state index contributed by atoms with van der Waals surface area (Å²) in [4.78, 5) is 24.2. The lowest BCUT2D eigenvalue weighted by molar-refractivity contribution is -0.121.